The first kappa shape index (κ1) is 11.2. The molecule has 0 amide bonds. The van der Waals surface area contributed by atoms with Crippen molar-refractivity contribution in [1.29, 1.82) is 0 Å². The molecule has 17 heavy (non-hydrogen) atoms. The summed E-state index contributed by atoms with van der Waals surface area (Å²) in [5.41, 5.74) is 1.17. The Hall–Kier alpha value is -0.870. The van der Waals surface area contributed by atoms with Crippen molar-refractivity contribution in [2.24, 2.45) is 11.8 Å². The molecular formula is C13H17NO2S. The highest BCUT2D eigenvalue weighted by atomic mass is 32.2. The van der Waals surface area contributed by atoms with Crippen molar-refractivity contribution >= 4 is 10.0 Å². The van der Waals surface area contributed by atoms with Crippen LogP contribution < -0.4 is 0 Å². The van der Waals surface area contributed by atoms with Gasteiger partial charge in [0.2, 0.25) is 10.0 Å². The van der Waals surface area contributed by atoms with Crippen LogP contribution in [0, 0.1) is 11.8 Å². The maximum absolute atomic E-state index is 12.3. The first-order valence-corrected chi connectivity index (χ1v) is 7.64. The lowest BCUT2D eigenvalue weighted by Crippen LogP contribution is -2.30. The van der Waals surface area contributed by atoms with Crippen molar-refractivity contribution in [2.45, 2.75) is 24.7 Å². The van der Waals surface area contributed by atoms with Crippen molar-refractivity contribution in [2.75, 3.05) is 13.1 Å². The van der Waals surface area contributed by atoms with Gasteiger partial charge in [-0.1, -0.05) is 19.1 Å². The monoisotopic (exact) mass is 251 g/mol. The minimum Gasteiger partial charge on any atom is -0.207 e. The first-order valence-electron chi connectivity index (χ1n) is 6.20. The molecule has 0 radical (unpaired) electrons. The lowest BCUT2D eigenvalue weighted by Gasteiger charge is -2.17. The van der Waals surface area contributed by atoms with Crippen molar-refractivity contribution in [3.05, 3.63) is 29.8 Å². The third-order valence-electron chi connectivity index (χ3n) is 3.91. The minimum absolute atomic E-state index is 0.441. The Bertz CT molecular complexity index is 511. The van der Waals surface area contributed by atoms with Crippen molar-refractivity contribution < 1.29 is 8.42 Å². The van der Waals surface area contributed by atoms with Crippen LogP contribution in [0.15, 0.2) is 29.2 Å². The van der Waals surface area contributed by atoms with Gasteiger partial charge in [0.15, 0.2) is 0 Å². The van der Waals surface area contributed by atoms with Gasteiger partial charge in [-0.15, -0.1) is 0 Å². The Labute approximate surface area is 102 Å². The van der Waals surface area contributed by atoms with Crippen LogP contribution >= 0.6 is 0 Å². The highest BCUT2D eigenvalue weighted by Gasteiger charge is 2.48. The zero-order valence-corrected chi connectivity index (χ0v) is 10.8. The quantitative estimate of drug-likeness (QED) is 0.822. The smallest absolute Gasteiger partial charge is 0.207 e. The molecule has 1 saturated carbocycles. The van der Waals surface area contributed by atoms with Gasteiger partial charge in [-0.3, -0.25) is 0 Å². The van der Waals surface area contributed by atoms with Crippen LogP contribution in [0.4, 0.5) is 0 Å². The summed E-state index contributed by atoms with van der Waals surface area (Å²) in [5, 5.41) is 0. The van der Waals surface area contributed by atoms with Crippen LogP contribution in [0.5, 0.6) is 0 Å². The van der Waals surface area contributed by atoms with E-state index in [1.165, 1.54) is 12.0 Å². The maximum atomic E-state index is 12.3. The molecule has 0 spiro atoms. The normalized spacial score (nSPS) is 28.1. The summed E-state index contributed by atoms with van der Waals surface area (Å²) in [6.07, 6.45) is 2.16. The lowest BCUT2D eigenvalue weighted by molar-refractivity contribution is 0.443. The van der Waals surface area contributed by atoms with Gasteiger partial charge < -0.3 is 0 Å². The summed E-state index contributed by atoms with van der Waals surface area (Å²) in [7, 11) is -3.23. The fourth-order valence-electron chi connectivity index (χ4n) is 2.60. The molecule has 4 heteroatoms. The molecule has 2 unspecified atom stereocenters. The van der Waals surface area contributed by atoms with Crippen molar-refractivity contribution in [3.8, 4) is 0 Å². The highest BCUT2D eigenvalue weighted by Crippen LogP contribution is 2.46. The Morgan fingerprint density at radius 3 is 2.29 bits per heavy atom. The molecule has 2 fully saturated rings. The number of piperidine rings is 1. The van der Waals surface area contributed by atoms with Gasteiger partial charge in [0.1, 0.15) is 0 Å². The molecule has 1 heterocycles. The molecule has 2 aliphatic rings. The Morgan fingerprint density at radius 2 is 1.76 bits per heavy atom. The number of nitrogens with zero attached hydrogens (tertiary/aromatic N) is 1. The van der Waals surface area contributed by atoms with Crippen LogP contribution in [0.25, 0.3) is 0 Å². The second kappa shape index (κ2) is 3.82. The largest absolute Gasteiger partial charge is 0.243 e. The van der Waals surface area contributed by atoms with E-state index in [0.717, 1.165) is 19.5 Å². The summed E-state index contributed by atoms with van der Waals surface area (Å²) in [5.74, 6) is 1.28. The van der Waals surface area contributed by atoms with Crippen LogP contribution in [-0.2, 0) is 16.4 Å². The number of hydrogen-bond acceptors (Lipinski definition) is 2. The Kier molecular flexibility index (Phi) is 2.52. The third-order valence-corrected chi connectivity index (χ3v) is 5.76. The third kappa shape index (κ3) is 1.89. The molecular weight excluding hydrogens is 234 g/mol. The van der Waals surface area contributed by atoms with Gasteiger partial charge in [0.05, 0.1) is 4.90 Å². The Morgan fingerprint density at radius 1 is 1.18 bits per heavy atom. The number of fused-ring (bicyclic) bond motifs is 1. The maximum Gasteiger partial charge on any atom is 0.243 e. The lowest BCUT2D eigenvalue weighted by atomic mass is 10.2. The number of rotatable bonds is 3. The first-order chi connectivity index (χ1) is 8.11. The van der Waals surface area contributed by atoms with E-state index in [1.54, 1.807) is 16.4 Å². The molecule has 1 aliphatic heterocycles. The number of hydrogen-bond donors (Lipinski definition) is 0. The van der Waals surface area contributed by atoms with Gasteiger partial charge in [0.25, 0.3) is 0 Å². The predicted octanol–water partition coefficient (Wildman–Crippen LogP) is 1.89. The minimum atomic E-state index is -3.23. The van der Waals surface area contributed by atoms with E-state index < -0.39 is 10.0 Å². The van der Waals surface area contributed by atoms with E-state index in [4.69, 9.17) is 0 Å². The number of benzene rings is 1. The van der Waals surface area contributed by atoms with Gasteiger partial charge in [0, 0.05) is 13.1 Å². The summed E-state index contributed by atoms with van der Waals surface area (Å²) >= 11 is 0. The number of sulfonamides is 1. The van der Waals surface area contributed by atoms with E-state index in [-0.39, 0.29) is 0 Å². The van der Waals surface area contributed by atoms with Crippen LogP contribution in [0.1, 0.15) is 18.9 Å². The molecule has 2 atom stereocenters. The van der Waals surface area contributed by atoms with E-state index >= 15 is 0 Å². The van der Waals surface area contributed by atoms with E-state index in [0.29, 0.717) is 16.7 Å². The average Bonchev–Trinajstić information content (AvgIpc) is 2.96. The summed E-state index contributed by atoms with van der Waals surface area (Å²) in [6, 6.07) is 7.28. The zero-order valence-electron chi connectivity index (χ0n) is 9.96. The van der Waals surface area contributed by atoms with E-state index in [9.17, 15) is 8.42 Å². The molecule has 0 aromatic heterocycles. The topological polar surface area (TPSA) is 37.4 Å². The highest BCUT2D eigenvalue weighted by molar-refractivity contribution is 7.89. The van der Waals surface area contributed by atoms with Crippen LogP contribution in [0.2, 0.25) is 0 Å². The molecule has 0 N–H and O–H groups in total. The van der Waals surface area contributed by atoms with Crippen LogP contribution in [-0.4, -0.2) is 25.8 Å². The standard InChI is InChI=1S/C13H17NO2S/c1-2-10-3-5-13(6-4-10)17(15,16)14-8-11-7-12(11)9-14/h3-6,11-12H,2,7-9H2,1H3. The molecule has 3 nitrogen and oxygen atoms in total. The predicted molar refractivity (Wildman–Crippen MR) is 66.2 cm³/mol. The van der Waals surface area contributed by atoms with Crippen LogP contribution in [0.3, 0.4) is 0 Å². The van der Waals surface area contributed by atoms with E-state index in [2.05, 4.69) is 6.92 Å². The average molecular weight is 251 g/mol. The summed E-state index contributed by atoms with van der Waals surface area (Å²) < 4.78 is 26.3. The summed E-state index contributed by atoms with van der Waals surface area (Å²) in [4.78, 5) is 0.441. The number of aryl methyl sites for hydroxylation is 1. The molecule has 1 aliphatic carbocycles. The molecule has 0 bridgehead atoms. The SMILES string of the molecule is CCc1ccc(S(=O)(=O)N2CC3CC3C2)cc1. The van der Waals surface area contributed by atoms with Crippen molar-refractivity contribution in [3.63, 3.8) is 0 Å². The second-order valence-corrected chi connectivity index (χ2v) is 7.01. The van der Waals surface area contributed by atoms with Gasteiger partial charge in [-0.25, -0.2) is 8.42 Å². The van der Waals surface area contributed by atoms with E-state index in [1.807, 2.05) is 12.1 Å². The van der Waals surface area contributed by atoms with Gasteiger partial charge in [-0.05, 0) is 42.4 Å². The van der Waals surface area contributed by atoms with Gasteiger partial charge >= 0.3 is 0 Å². The second-order valence-electron chi connectivity index (χ2n) is 5.08. The fraction of sp³-hybridized carbons (Fsp3) is 0.538. The molecule has 1 aromatic rings. The molecule has 1 saturated heterocycles. The fourth-order valence-corrected chi connectivity index (χ4v) is 4.15. The Balaban J connectivity index is 1.85. The molecule has 92 valence electrons. The van der Waals surface area contributed by atoms with Crippen molar-refractivity contribution in [1.82, 2.24) is 4.31 Å². The summed E-state index contributed by atoms with van der Waals surface area (Å²) in [6.45, 7) is 3.52. The zero-order chi connectivity index (χ0) is 12.0. The molecule has 1 aromatic carbocycles. The molecule has 3 rings (SSSR count). The van der Waals surface area contributed by atoms with Gasteiger partial charge in [-0.2, -0.15) is 4.31 Å².